The van der Waals surface area contributed by atoms with Crippen LogP contribution >= 0.6 is 7.92 Å². The van der Waals surface area contributed by atoms with Gasteiger partial charge in [-0.1, -0.05) is 113 Å². The third-order valence-corrected chi connectivity index (χ3v) is 8.36. The molecule has 0 aliphatic carbocycles. The molecule has 2 heteroatoms. The number of hydrogen-bond acceptors (Lipinski definition) is 0. The molecule has 0 saturated carbocycles. The maximum absolute atomic E-state index is 2.41. The van der Waals surface area contributed by atoms with E-state index in [4.69, 9.17) is 0 Å². The molecule has 122 valence electrons. The molecule has 0 aromatic heterocycles. The highest BCUT2D eigenvalue weighted by atomic mass is 31.1. The average Bonchev–Trinajstić information content (AvgIpc) is 2.47. The highest BCUT2D eigenvalue weighted by Crippen LogP contribution is 2.59. The maximum atomic E-state index is 2.41. The van der Waals surface area contributed by atoms with Gasteiger partial charge in [0.05, 0.1) is 0 Å². The molecule has 0 amide bonds. The summed E-state index contributed by atoms with van der Waals surface area (Å²) in [6, 6.07) is 23.3. The molecule has 0 radical (unpaired) electrons. The lowest BCUT2D eigenvalue weighted by Crippen LogP contribution is -2.47. The Labute approximate surface area is 144 Å². The lowest BCUT2D eigenvalue weighted by molar-refractivity contribution is 0.709. The Kier molecular flexibility index (Phi) is 5.74. The second-order valence-electron chi connectivity index (χ2n) is 8.33. The fourth-order valence-electron chi connectivity index (χ4n) is 3.51. The van der Waals surface area contributed by atoms with E-state index in [1.165, 1.54) is 17.0 Å². The third kappa shape index (κ3) is 4.95. The normalized spacial score (nSPS) is 12.5. The van der Waals surface area contributed by atoms with Crippen LogP contribution in [0.4, 0.5) is 0 Å². The third-order valence-electron chi connectivity index (χ3n) is 4.39. The molecule has 2 rings (SSSR count). The molecule has 0 saturated heterocycles. The topological polar surface area (TPSA) is 0 Å². The van der Waals surface area contributed by atoms with Crippen molar-refractivity contribution in [3.63, 3.8) is 0 Å². The molecule has 0 spiro atoms. The summed E-state index contributed by atoms with van der Waals surface area (Å²) in [7, 11) is -0.129. The predicted molar refractivity (Wildman–Crippen MR) is 109 cm³/mol. The SMILES string of the molecule is CC(C)(C)P(CB(c1ccccc1)c1ccccc1)C(C)(C)C. The van der Waals surface area contributed by atoms with Crippen molar-refractivity contribution < 1.29 is 0 Å². The monoisotopic (exact) mass is 324 g/mol. The van der Waals surface area contributed by atoms with Crippen LogP contribution in [-0.4, -0.2) is 23.1 Å². The van der Waals surface area contributed by atoms with Crippen molar-refractivity contribution in [2.45, 2.75) is 51.9 Å². The molecule has 0 N–H and O–H groups in total. The van der Waals surface area contributed by atoms with Gasteiger partial charge in [0, 0.05) is 0 Å². The Morgan fingerprint density at radius 3 is 1.30 bits per heavy atom. The summed E-state index contributed by atoms with van der Waals surface area (Å²) in [5.41, 5.74) is 2.89. The predicted octanol–water partition coefficient (Wildman–Crippen LogP) is 4.91. The first kappa shape index (κ1) is 18.3. The minimum atomic E-state index is -0.129. The minimum absolute atomic E-state index is 0.129. The molecule has 0 bridgehead atoms. The van der Waals surface area contributed by atoms with Gasteiger partial charge in [0.25, 0.3) is 0 Å². The van der Waals surface area contributed by atoms with Gasteiger partial charge in [-0.25, -0.2) is 0 Å². The van der Waals surface area contributed by atoms with Crippen molar-refractivity contribution in [2.24, 2.45) is 0 Å². The van der Waals surface area contributed by atoms with Crippen LogP contribution in [0.1, 0.15) is 41.5 Å². The van der Waals surface area contributed by atoms with Gasteiger partial charge < -0.3 is 0 Å². The molecule has 0 unspecified atom stereocenters. The van der Waals surface area contributed by atoms with Gasteiger partial charge in [-0.05, 0) is 16.4 Å². The summed E-state index contributed by atoms with van der Waals surface area (Å²) >= 11 is 0. The van der Waals surface area contributed by atoms with Gasteiger partial charge >= 0.3 is 0 Å². The zero-order chi connectivity index (χ0) is 17.1. The van der Waals surface area contributed by atoms with E-state index in [-0.39, 0.29) is 7.92 Å². The second-order valence-corrected chi connectivity index (χ2v) is 12.2. The van der Waals surface area contributed by atoms with Crippen molar-refractivity contribution in [1.82, 2.24) is 0 Å². The molecule has 0 atom stereocenters. The molecule has 2 aromatic rings. The summed E-state index contributed by atoms with van der Waals surface area (Å²) in [5, 5.41) is 0.713. The first-order valence-corrected chi connectivity index (χ1v) is 10.1. The summed E-state index contributed by atoms with van der Waals surface area (Å²) in [5.74, 6) is 0. The first-order valence-electron chi connectivity index (χ1n) is 8.57. The fraction of sp³-hybridized carbons (Fsp3) is 0.429. The fourth-order valence-corrected chi connectivity index (χ4v) is 7.41. The van der Waals surface area contributed by atoms with E-state index >= 15 is 0 Å². The zero-order valence-corrected chi connectivity index (χ0v) is 16.4. The van der Waals surface area contributed by atoms with Crippen LogP contribution < -0.4 is 10.9 Å². The van der Waals surface area contributed by atoms with E-state index in [1.807, 2.05) is 0 Å². The molecule has 0 fully saturated rings. The van der Waals surface area contributed by atoms with Crippen molar-refractivity contribution in [3.05, 3.63) is 60.7 Å². The molecule has 0 aliphatic heterocycles. The second kappa shape index (κ2) is 7.22. The molecule has 0 aliphatic rings. The summed E-state index contributed by atoms with van der Waals surface area (Å²) in [4.78, 5) is 0. The molecular formula is C21H30BP. The van der Waals surface area contributed by atoms with E-state index in [9.17, 15) is 0 Å². The van der Waals surface area contributed by atoms with Crippen molar-refractivity contribution in [1.29, 1.82) is 0 Å². The van der Waals surface area contributed by atoms with E-state index in [1.54, 1.807) is 0 Å². The quantitative estimate of drug-likeness (QED) is 0.553. The van der Waals surface area contributed by atoms with Gasteiger partial charge in [-0.3, -0.25) is 0 Å². The molecule has 0 heterocycles. The van der Waals surface area contributed by atoms with Gasteiger partial charge in [0.15, 0.2) is 0 Å². The Hall–Kier alpha value is -1.07. The van der Waals surface area contributed by atoms with Crippen LogP contribution in [0.3, 0.4) is 0 Å². The highest BCUT2D eigenvalue weighted by molar-refractivity contribution is 7.63. The number of rotatable bonds is 4. The van der Waals surface area contributed by atoms with Gasteiger partial charge in [-0.2, -0.15) is 0 Å². The van der Waals surface area contributed by atoms with E-state index in [0.717, 1.165) is 0 Å². The van der Waals surface area contributed by atoms with E-state index in [0.29, 0.717) is 17.0 Å². The summed E-state index contributed by atoms with van der Waals surface area (Å²) in [6.45, 7) is 15.0. The van der Waals surface area contributed by atoms with Crippen LogP contribution in [0.2, 0.25) is 0 Å². The smallest absolute Gasteiger partial charge is 0.102 e. The lowest BCUT2D eigenvalue weighted by atomic mass is 9.42. The summed E-state index contributed by atoms with van der Waals surface area (Å²) in [6.07, 6.45) is 0. The standard InChI is InChI=1S/C21H30BP/c1-20(2,3)23(21(4,5)6)17-22(18-13-9-7-10-14-18)19-15-11-8-12-16-19/h7-16H,17H2,1-6H3. The maximum Gasteiger partial charge on any atom is 0.213 e. The molecule has 0 nitrogen and oxygen atoms in total. The molecule has 2 aromatic carbocycles. The van der Waals surface area contributed by atoms with Gasteiger partial charge in [-0.15, -0.1) is 7.92 Å². The zero-order valence-electron chi connectivity index (χ0n) is 15.5. The van der Waals surface area contributed by atoms with Crippen LogP contribution in [0.5, 0.6) is 0 Å². The van der Waals surface area contributed by atoms with Crippen molar-refractivity contribution >= 4 is 25.6 Å². The van der Waals surface area contributed by atoms with E-state index in [2.05, 4.69) is 102 Å². The minimum Gasteiger partial charge on any atom is -0.102 e. The van der Waals surface area contributed by atoms with Crippen LogP contribution in [0.25, 0.3) is 0 Å². The molecule has 23 heavy (non-hydrogen) atoms. The summed E-state index contributed by atoms with van der Waals surface area (Å²) < 4.78 is 0. The lowest BCUT2D eigenvalue weighted by Gasteiger charge is -2.43. The Morgan fingerprint density at radius 2 is 1.00 bits per heavy atom. The first-order chi connectivity index (χ1) is 10.7. The Morgan fingerprint density at radius 1 is 0.652 bits per heavy atom. The van der Waals surface area contributed by atoms with Gasteiger partial charge in [0.1, 0.15) is 0 Å². The largest absolute Gasteiger partial charge is 0.213 e. The number of hydrogen-bond donors (Lipinski definition) is 0. The molecular weight excluding hydrogens is 294 g/mol. The highest BCUT2D eigenvalue weighted by Gasteiger charge is 2.37. The van der Waals surface area contributed by atoms with Crippen molar-refractivity contribution in [3.8, 4) is 0 Å². The Balaban J connectivity index is 2.42. The van der Waals surface area contributed by atoms with Crippen LogP contribution in [0, 0.1) is 0 Å². The number of benzene rings is 2. The van der Waals surface area contributed by atoms with Gasteiger partial charge in [0.2, 0.25) is 6.71 Å². The average molecular weight is 324 g/mol. The van der Waals surface area contributed by atoms with E-state index < -0.39 is 0 Å². The Bertz CT molecular complexity index is 540. The van der Waals surface area contributed by atoms with Crippen LogP contribution in [0.15, 0.2) is 60.7 Å². The van der Waals surface area contributed by atoms with Crippen molar-refractivity contribution in [2.75, 3.05) is 6.06 Å². The van der Waals surface area contributed by atoms with Crippen LogP contribution in [-0.2, 0) is 0 Å².